The van der Waals surface area contributed by atoms with Crippen LogP contribution in [0.1, 0.15) is 38.2 Å². The summed E-state index contributed by atoms with van der Waals surface area (Å²) in [5, 5.41) is 0. The monoisotopic (exact) mass is 440 g/mol. The summed E-state index contributed by atoms with van der Waals surface area (Å²) in [4.78, 5) is 46.7. The zero-order chi connectivity index (χ0) is 22.9. The number of fused-ring (bicyclic) bond motifs is 1. The minimum atomic E-state index is -0.506. The summed E-state index contributed by atoms with van der Waals surface area (Å²) in [6.45, 7) is 5.94. The number of amides is 4. The van der Waals surface area contributed by atoms with Gasteiger partial charge in [-0.1, -0.05) is 30.3 Å². The molecule has 3 aliphatic rings. The van der Waals surface area contributed by atoms with Crippen LogP contribution >= 0.6 is 0 Å². The van der Waals surface area contributed by atoms with Gasteiger partial charge in [0.05, 0.1) is 5.41 Å². The first-order valence-corrected chi connectivity index (χ1v) is 11.9. The summed E-state index contributed by atoms with van der Waals surface area (Å²) >= 11 is 0. The molecule has 0 N–H and O–H groups in total. The van der Waals surface area contributed by atoms with Crippen LogP contribution in [0.3, 0.4) is 0 Å². The second kappa shape index (κ2) is 8.75. The highest BCUT2D eigenvalue weighted by atomic mass is 16.2. The van der Waals surface area contributed by atoms with E-state index in [1.165, 1.54) is 5.56 Å². The lowest BCUT2D eigenvalue weighted by Gasteiger charge is -2.46. The zero-order valence-corrected chi connectivity index (χ0v) is 19.7. The molecule has 3 heterocycles. The van der Waals surface area contributed by atoms with Gasteiger partial charge >= 0.3 is 6.03 Å². The van der Waals surface area contributed by atoms with E-state index in [2.05, 4.69) is 12.1 Å². The second-order valence-corrected chi connectivity index (χ2v) is 9.90. The quantitative estimate of drug-likeness (QED) is 0.723. The molecule has 0 radical (unpaired) electrons. The average molecular weight is 441 g/mol. The van der Waals surface area contributed by atoms with Gasteiger partial charge in [0.1, 0.15) is 0 Å². The van der Waals surface area contributed by atoms with Crippen LogP contribution in [0.15, 0.2) is 30.3 Å². The lowest BCUT2D eigenvalue weighted by Crippen LogP contribution is -2.53. The SMILES string of the molecule is CCN1CCC2(CN(C(=O)N(C)C)CC23CCN(C(=O)CCc2ccccc2)CC3)C1=O. The van der Waals surface area contributed by atoms with Crippen molar-refractivity contribution < 1.29 is 14.4 Å². The Morgan fingerprint density at radius 3 is 2.25 bits per heavy atom. The Balaban J connectivity index is 1.47. The maximum atomic E-state index is 13.5. The first-order chi connectivity index (χ1) is 15.3. The minimum Gasteiger partial charge on any atom is -0.343 e. The maximum absolute atomic E-state index is 13.5. The predicted octanol–water partition coefficient (Wildman–Crippen LogP) is 2.46. The van der Waals surface area contributed by atoms with E-state index in [4.69, 9.17) is 0 Å². The number of nitrogens with zero attached hydrogens (tertiary/aromatic N) is 4. The van der Waals surface area contributed by atoms with Gasteiger partial charge in [-0.05, 0) is 38.2 Å². The third-order valence-electron chi connectivity index (χ3n) is 8.05. The van der Waals surface area contributed by atoms with Crippen LogP contribution in [0.25, 0.3) is 0 Å². The third kappa shape index (κ3) is 3.76. The number of aryl methyl sites for hydroxylation is 1. The normalized spacial score (nSPS) is 24.6. The highest BCUT2D eigenvalue weighted by Crippen LogP contribution is 2.58. The van der Waals surface area contributed by atoms with E-state index in [1.54, 1.807) is 19.0 Å². The second-order valence-electron chi connectivity index (χ2n) is 9.90. The summed E-state index contributed by atoms with van der Waals surface area (Å²) in [5.41, 5.74) is 0.433. The van der Waals surface area contributed by atoms with Crippen LogP contribution in [0.5, 0.6) is 0 Å². The topological polar surface area (TPSA) is 64.2 Å². The predicted molar refractivity (Wildman–Crippen MR) is 123 cm³/mol. The number of carbonyl (C=O) groups is 3. The highest BCUT2D eigenvalue weighted by Gasteiger charge is 2.65. The molecule has 4 rings (SSSR count). The summed E-state index contributed by atoms with van der Waals surface area (Å²) in [5.74, 6) is 0.391. The molecule has 3 saturated heterocycles. The fourth-order valence-corrected chi connectivity index (χ4v) is 6.14. The summed E-state index contributed by atoms with van der Waals surface area (Å²) < 4.78 is 0. The third-order valence-corrected chi connectivity index (χ3v) is 8.05. The van der Waals surface area contributed by atoms with Gasteiger partial charge in [-0.15, -0.1) is 0 Å². The molecule has 174 valence electrons. The molecule has 0 bridgehead atoms. The van der Waals surface area contributed by atoms with Crippen LogP contribution in [-0.4, -0.2) is 90.8 Å². The van der Waals surface area contributed by atoms with Crippen molar-refractivity contribution >= 4 is 17.8 Å². The molecule has 7 nitrogen and oxygen atoms in total. The number of piperidine rings is 1. The largest absolute Gasteiger partial charge is 0.343 e. The number of carbonyl (C=O) groups excluding carboxylic acids is 3. The van der Waals surface area contributed by atoms with Crippen LogP contribution in [0.2, 0.25) is 0 Å². The van der Waals surface area contributed by atoms with E-state index in [-0.39, 0.29) is 23.3 Å². The molecule has 2 spiro atoms. The first-order valence-electron chi connectivity index (χ1n) is 11.9. The number of urea groups is 1. The summed E-state index contributed by atoms with van der Waals surface area (Å²) in [6, 6.07) is 10.1. The van der Waals surface area contributed by atoms with Crippen molar-refractivity contribution in [3.8, 4) is 0 Å². The lowest BCUT2D eigenvalue weighted by atomic mass is 9.60. The first kappa shape index (κ1) is 22.6. The Labute approximate surface area is 191 Å². The molecule has 0 aliphatic carbocycles. The van der Waals surface area contributed by atoms with Crippen molar-refractivity contribution in [1.29, 1.82) is 0 Å². The number of benzene rings is 1. The van der Waals surface area contributed by atoms with E-state index in [9.17, 15) is 14.4 Å². The lowest BCUT2D eigenvalue weighted by molar-refractivity contribution is -0.144. The number of hydrogen-bond donors (Lipinski definition) is 0. The molecule has 32 heavy (non-hydrogen) atoms. The molecule has 3 fully saturated rings. The fourth-order valence-electron chi connectivity index (χ4n) is 6.14. The molecule has 1 atom stereocenters. The van der Waals surface area contributed by atoms with Gasteiger partial charge in [0.2, 0.25) is 11.8 Å². The van der Waals surface area contributed by atoms with Crippen LogP contribution in [0.4, 0.5) is 4.79 Å². The molecular weight excluding hydrogens is 404 g/mol. The van der Waals surface area contributed by atoms with Crippen molar-refractivity contribution in [1.82, 2.24) is 19.6 Å². The molecule has 3 aliphatic heterocycles. The summed E-state index contributed by atoms with van der Waals surface area (Å²) in [7, 11) is 3.53. The van der Waals surface area contributed by atoms with Crippen molar-refractivity contribution in [2.45, 2.75) is 39.0 Å². The molecule has 1 aromatic carbocycles. The molecule has 0 aromatic heterocycles. The Kier molecular flexibility index (Phi) is 6.19. The zero-order valence-electron chi connectivity index (χ0n) is 19.7. The molecule has 1 unspecified atom stereocenters. The molecule has 1 aromatic rings. The highest BCUT2D eigenvalue weighted by molar-refractivity contribution is 5.88. The van der Waals surface area contributed by atoms with E-state index in [0.29, 0.717) is 39.1 Å². The minimum absolute atomic E-state index is 0.0228. The van der Waals surface area contributed by atoms with E-state index in [1.807, 2.05) is 39.8 Å². The van der Waals surface area contributed by atoms with Gasteiger partial charge in [0.15, 0.2) is 0 Å². The van der Waals surface area contributed by atoms with E-state index >= 15 is 0 Å². The Morgan fingerprint density at radius 2 is 1.66 bits per heavy atom. The molecule has 0 saturated carbocycles. The van der Waals surface area contributed by atoms with Crippen LogP contribution < -0.4 is 0 Å². The van der Waals surface area contributed by atoms with E-state index < -0.39 is 5.41 Å². The summed E-state index contributed by atoms with van der Waals surface area (Å²) in [6.07, 6.45) is 3.63. The van der Waals surface area contributed by atoms with Gasteiger partial charge in [0.25, 0.3) is 0 Å². The number of likely N-dealkylation sites (tertiary alicyclic amines) is 3. The van der Waals surface area contributed by atoms with Crippen LogP contribution in [0, 0.1) is 10.8 Å². The Morgan fingerprint density at radius 1 is 0.969 bits per heavy atom. The van der Waals surface area contributed by atoms with E-state index in [0.717, 1.165) is 32.2 Å². The molecular formula is C25H36N4O3. The van der Waals surface area contributed by atoms with Crippen molar-refractivity contribution in [2.24, 2.45) is 10.8 Å². The van der Waals surface area contributed by atoms with Gasteiger partial charge in [-0.3, -0.25) is 9.59 Å². The van der Waals surface area contributed by atoms with Gasteiger partial charge in [-0.2, -0.15) is 0 Å². The number of hydrogen-bond acceptors (Lipinski definition) is 3. The van der Waals surface area contributed by atoms with Crippen molar-refractivity contribution in [3.63, 3.8) is 0 Å². The van der Waals surface area contributed by atoms with Crippen molar-refractivity contribution in [3.05, 3.63) is 35.9 Å². The Bertz CT molecular complexity index is 863. The Hall–Kier alpha value is -2.57. The molecule has 7 heteroatoms. The van der Waals surface area contributed by atoms with Crippen LogP contribution in [-0.2, 0) is 16.0 Å². The van der Waals surface area contributed by atoms with Gasteiger partial charge in [0, 0.05) is 65.2 Å². The maximum Gasteiger partial charge on any atom is 0.319 e. The van der Waals surface area contributed by atoms with Crippen molar-refractivity contribution in [2.75, 3.05) is 53.4 Å². The van der Waals surface area contributed by atoms with Gasteiger partial charge in [-0.25, -0.2) is 4.79 Å². The standard InChI is InChI=1S/C25H36N4O3/c1-4-27-17-14-25(22(27)31)19-29(23(32)26(2)3)18-24(25)12-15-28(16-13-24)21(30)11-10-20-8-6-5-7-9-20/h5-9H,4,10-19H2,1-3H3. The smallest absolute Gasteiger partial charge is 0.319 e. The molecule has 4 amide bonds. The fraction of sp³-hybridized carbons (Fsp3) is 0.640. The number of rotatable bonds is 4. The average Bonchev–Trinajstić information content (AvgIpc) is 3.30. The van der Waals surface area contributed by atoms with Gasteiger partial charge < -0.3 is 19.6 Å².